The number of hydrogen-bond acceptors (Lipinski definition) is 12. The zero-order chi connectivity index (χ0) is 23.1. The first-order valence-electron chi connectivity index (χ1n) is 9.81. The Labute approximate surface area is 179 Å². The summed E-state index contributed by atoms with van der Waals surface area (Å²) in [7, 11) is 0. The van der Waals surface area contributed by atoms with Crippen molar-refractivity contribution in [3.8, 4) is 0 Å². The molecule has 0 fully saturated rings. The number of carbonyl (C=O) groups excluding carboxylic acids is 2. The Bertz CT molecular complexity index is 527. The van der Waals surface area contributed by atoms with Gasteiger partial charge in [0.25, 0.3) is 11.8 Å². The molecule has 13 heteroatoms. The second-order valence-electron chi connectivity index (χ2n) is 6.40. The summed E-state index contributed by atoms with van der Waals surface area (Å²) < 4.78 is 21.1. The van der Waals surface area contributed by atoms with Gasteiger partial charge < -0.3 is 49.8 Å². The van der Waals surface area contributed by atoms with Crippen LogP contribution in [0.5, 0.6) is 0 Å². The quantitative estimate of drug-likeness (QED) is 0.0633. The number of aliphatic hydroxyl groups is 5. The van der Waals surface area contributed by atoms with E-state index < -0.39 is 57.8 Å². The molecule has 3 atom stereocenters. The molecule has 0 saturated carbocycles. The molecule has 0 spiro atoms. The first kappa shape index (κ1) is 27.5. The Morgan fingerprint density at radius 3 is 1.87 bits per heavy atom. The van der Waals surface area contributed by atoms with E-state index in [0.717, 1.165) is 4.90 Å². The van der Waals surface area contributed by atoms with Gasteiger partial charge in [0.2, 0.25) is 0 Å². The number of aliphatic hydroxyl groups excluding tert-OH is 5. The fraction of sp³-hybridized carbons (Fsp3) is 0.778. The molecule has 0 aromatic carbocycles. The highest BCUT2D eigenvalue weighted by molar-refractivity contribution is 6.12. The second-order valence-corrected chi connectivity index (χ2v) is 6.40. The van der Waals surface area contributed by atoms with Crippen molar-refractivity contribution >= 4 is 11.8 Å². The van der Waals surface area contributed by atoms with Crippen LogP contribution in [0.25, 0.3) is 0 Å². The third-order valence-electron chi connectivity index (χ3n) is 4.06. The highest BCUT2D eigenvalue weighted by Crippen LogP contribution is 2.06. The lowest BCUT2D eigenvalue weighted by molar-refractivity contribution is -0.240. The van der Waals surface area contributed by atoms with Crippen LogP contribution in [-0.4, -0.2) is 133 Å². The van der Waals surface area contributed by atoms with Crippen molar-refractivity contribution in [1.29, 1.82) is 0 Å². The summed E-state index contributed by atoms with van der Waals surface area (Å²) in [6.07, 6.45) is -1.60. The standard InChI is InChI=1S/C18H32N2O11/c21-7-13(8-22)30-18(11-25)29-12-14(9-23)31-17(10-24)28-6-4-19-3-5-20-15(26)1-2-16(20)27/h1-2,13-14,17-19,21-25H,3-12H2. The number of nitrogens with zero attached hydrogens (tertiary/aromatic N) is 1. The number of imide groups is 1. The Morgan fingerprint density at radius 1 is 0.774 bits per heavy atom. The Balaban J connectivity index is 2.24. The predicted octanol–water partition coefficient (Wildman–Crippen LogP) is -4.08. The lowest BCUT2D eigenvalue weighted by Crippen LogP contribution is -2.39. The van der Waals surface area contributed by atoms with Gasteiger partial charge in [-0.3, -0.25) is 14.5 Å². The first-order valence-corrected chi connectivity index (χ1v) is 9.81. The molecule has 1 aliphatic heterocycles. The molecule has 0 aliphatic carbocycles. The van der Waals surface area contributed by atoms with Crippen molar-refractivity contribution in [2.45, 2.75) is 24.8 Å². The molecular weight excluding hydrogens is 420 g/mol. The van der Waals surface area contributed by atoms with Crippen LogP contribution < -0.4 is 5.32 Å². The summed E-state index contributed by atoms with van der Waals surface area (Å²) >= 11 is 0. The van der Waals surface area contributed by atoms with Gasteiger partial charge in [-0.05, 0) is 0 Å². The van der Waals surface area contributed by atoms with Crippen LogP contribution in [0.1, 0.15) is 0 Å². The molecule has 180 valence electrons. The molecular formula is C18H32N2O11. The molecule has 0 aromatic heterocycles. The summed E-state index contributed by atoms with van der Waals surface area (Å²) in [5.74, 6) is -0.711. The van der Waals surface area contributed by atoms with E-state index in [1.807, 2.05) is 0 Å². The van der Waals surface area contributed by atoms with E-state index in [4.69, 9.17) is 29.2 Å². The summed E-state index contributed by atoms with van der Waals surface area (Å²) in [6, 6.07) is 0. The molecule has 0 saturated heterocycles. The van der Waals surface area contributed by atoms with Crippen molar-refractivity contribution in [3.05, 3.63) is 12.2 Å². The van der Waals surface area contributed by atoms with E-state index in [0.29, 0.717) is 13.1 Å². The average Bonchev–Trinajstić information content (AvgIpc) is 3.11. The number of ether oxygens (including phenoxy) is 4. The van der Waals surface area contributed by atoms with Crippen LogP contribution in [0.15, 0.2) is 12.2 Å². The van der Waals surface area contributed by atoms with E-state index in [9.17, 15) is 24.9 Å². The number of nitrogens with one attached hydrogen (secondary N) is 1. The van der Waals surface area contributed by atoms with Crippen LogP contribution in [0, 0.1) is 0 Å². The molecule has 31 heavy (non-hydrogen) atoms. The second kappa shape index (κ2) is 16.2. The van der Waals surface area contributed by atoms with Gasteiger partial charge in [-0.2, -0.15) is 0 Å². The van der Waals surface area contributed by atoms with Crippen LogP contribution in [0.2, 0.25) is 0 Å². The minimum absolute atomic E-state index is 0.140. The average molecular weight is 452 g/mol. The summed E-state index contributed by atoms with van der Waals surface area (Å²) in [6.45, 7) is -1.57. The third-order valence-corrected chi connectivity index (χ3v) is 4.06. The van der Waals surface area contributed by atoms with Crippen molar-refractivity contribution in [3.63, 3.8) is 0 Å². The van der Waals surface area contributed by atoms with E-state index in [-0.39, 0.29) is 31.6 Å². The van der Waals surface area contributed by atoms with Crippen molar-refractivity contribution in [1.82, 2.24) is 10.2 Å². The van der Waals surface area contributed by atoms with Gasteiger partial charge >= 0.3 is 0 Å². The van der Waals surface area contributed by atoms with Gasteiger partial charge in [-0.15, -0.1) is 0 Å². The van der Waals surface area contributed by atoms with Gasteiger partial charge in [0.05, 0.1) is 46.2 Å². The molecule has 3 unspecified atom stereocenters. The number of rotatable bonds is 19. The lowest BCUT2D eigenvalue weighted by Gasteiger charge is -2.25. The van der Waals surface area contributed by atoms with Gasteiger partial charge in [0.15, 0.2) is 12.6 Å². The minimum atomic E-state index is -1.15. The minimum Gasteiger partial charge on any atom is -0.394 e. The fourth-order valence-electron chi connectivity index (χ4n) is 2.42. The van der Waals surface area contributed by atoms with Crippen molar-refractivity contribution in [2.75, 3.05) is 65.9 Å². The maximum Gasteiger partial charge on any atom is 0.253 e. The number of hydrogen-bond donors (Lipinski definition) is 6. The van der Waals surface area contributed by atoms with Crippen LogP contribution >= 0.6 is 0 Å². The van der Waals surface area contributed by atoms with Crippen LogP contribution in [0.4, 0.5) is 0 Å². The summed E-state index contributed by atoms with van der Waals surface area (Å²) in [4.78, 5) is 23.9. The smallest absolute Gasteiger partial charge is 0.253 e. The molecule has 0 aromatic rings. The Hall–Kier alpha value is -1.52. The molecule has 1 rings (SSSR count). The Morgan fingerprint density at radius 2 is 1.32 bits per heavy atom. The molecule has 0 bridgehead atoms. The summed E-state index contributed by atoms with van der Waals surface area (Å²) in [5.41, 5.74) is 0. The number of carbonyl (C=O) groups is 2. The molecule has 1 heterocycles. The largest absolute Gasteiger partial charge is 0.394 e. The van der Waals surface area contributed by atoms with Gasteiger partial charge in [-0.25, -0.2) is 0 Å². The zero-order valence-corrected chi connectivity index (χ0v) is 17.2. The van der Waals surface area contributed by atoms with Crippen molar-refractivity contribution in [2.24, 2.45) is 0 Å². The van der Waals surface area contributed by atoms with E-state index in [2.05, 4.69) is 5.32 Å². The monoisotopic (exact) mass is 452 g/mol. The summed E-state index contributed by atoms with van der Waals surface area (Å²) in [5, 5.41) is 49.0. The molecule has 1 aliphatic rings. The normalized spacial score (nSPS) is 17.0. The Kier molecular flexibility index (Phi) is 14.3. The SMILES string of the molecule is O=C1C=CC(=O)N1CCNCCOC(CO)OC(CO)COC(CO)OC(CO)CO. The van der Waals surface area contributed by atoms with E-state index >= 15 is 0 Å². The fourth-order valence-corrected chi connectivity index (χ4v) is 2.42. The lowest BCUT2D eigenvalue weighted by atomic mass is 10.4. The zero-order valence-electron chi connectivity index (χ0n) is 17.2. The predicted molar refractivity (Wildman–Crippen MR) is 103 cm³/mol. The van der Waals surface area contributed by atoms with Gasteiger partial charge in [0.1, 0.15) is 12.2 Å². The number of amides is 2. The molecule has 0 radical (unpaired) electrons. The van der Waals surface area contributed by atoms with Crippen LogP contribution in [-0.2, 0) is 28.5 Å². The highest BCUT2D eigenvalue weighted by atomic mass is 16.7. The van der Waals surface area contributed by atoms with Crippen molar-refractivity contribution < 1.29 is 54.1 Å². The third kappa shape index (κ3) is 10.6. The molecule has 6 N–H and O–H groups in total. The van der Waals surface area contributed by atoms with Crippen LogP contribution in [0.3, 0.4) is 0 Å². The maximum absolute atomic E-state index is 11.4. The first-order chi connectivity index (χ1) is 15.0. The van der Waals surface area contributed by atoms with Gasteiger partial charge in [0, 0.05) is 31.8 Å². The topological polar surface area (TPSA) is 187 Å². The highest BCUT2D eigenvalue weighted by Gasteiger charge is 2.23. The van der Waals surface area contributed by atoms with Gasteiger partial charge in [-0.1, -0.05) is 0 Å². The maximum atomic E-state index is 11.4. The van der Waals surface area contributed by atoms with E-state index in [1.54, 1.807) is 0 Å². The van der Waals surface area contributed by atoms with E-state index in [1.165, 1.54) is 12.2 Å². The molecule has 13 nitrogen and oxygen atoms in total. The molecule has 2 amide bonds.